The number of halogens is 2. The lowest BCUT2D eigenvalue weighted by molar-refractivity contribution is 0.328. The highest BCUT2D eigenvalue weighted by atomic mass is 19.2. The molecule has 0 aliphatic heterocycles. The van der Waals surface area contributed by atoms with Crippen molar-refractivity contribution in [3.05, 3.63) is 65.6 Å². The second-order valence-corrected chi connectivity index (χ2v) is 5.38. The summed E-state index contributed by atoms with van der Waals surface area (Å²) in [4.78, 5) is 12.2. The maximum Gasteiger partial charge on any atom is 0.221 e. The molecular weight excluding hydrogens is 326 g/mol. The highest BCUT2D eigenvalue weighted by molar-refractivity contribution is 5.69. The first-order valence-electron chi connectivity index (χ1n) is 7.70. The first-order chi connectivity index (χ1) is 12.1. The van der Waals surface area contributed by atoms with Crippen molar-refractivity contribution in [3.8, 4) is 17.0 Å². The van der Waals surface area contributed by atoms with Gasteiger partial charge in [0, 0.05) is 30.6 Å². The summed E-state index contributed by atoms with van der Waals surface area (Å²) in [6.07, 6.45) is 5.47. The van der Waals surface area contributed by atoms with Gasteiger partial charge in [-0.25, -0.2) is 23.7 Å². The van der Waals surface area contributed by atoms with E-state index in [9.17, 15) is 8.78 Å². The van der Waals surface area contributed by atoms with Crippen LogP contribution in [0, 0.1) is 11.6 Å². The Morgan fingerprint density at radius 3 is 2.36 bits per heavy atom. The van der Waals surface area contributed by atoms with Crippen LogP contribution in [0.1, 0.15) is 18.1 Å². The molecule has 2 N–H and O–H groups in total. The largest absolute Gasteiger partial charge is 0.478 e. The topological polar surface area (TPSA) is 73.9 Å². The van der Waals surface area contributed by atoms with Crippen LogP contribution in [-0.4, -0.2) is 21.6 Å². The number of pyridine rings is 1. The molecule has 0 bridgehead atoms. The van der Waals surface area contributed by atoms with Crippen LogP contribution in [0.2, 0.25) is 0 Å². The third-order valence-electron chi connectivity index (χ3n) is 3.55. The van der Waals surface area contributed by atoms with E-state index in [-0.39, 0.29) is 5.95 Å². The van der Waals surface area contributed by atoms with Gasteiger partial charge in [0.05, 0.1) is 6.61 Å². The zero-order chi connectivity index (χ0) is 17.8. The van der Waals surface area contributed by atoms with E-state index in [4.69, 9.17) is 10.5 Å². The number of nitrogens with zero attached hydrogens (tertiary/aromatic N) is 3. The number of rotatable bonds is 5. The number of hydrogen-bond acceptors (Lipinski definition) is 5. The summed E-state index contributed by atoms with van der Waals surface area (Å²) in [5.41, 5.74) is 8.28. The Labute approximate surface area is 143 Å². The molecule has 0 aliphatic rings. The SMILES string of the molecule is CCOc1ncc(Cc2cnc(N)nc2)cc1-c1ccc(F)c(F)c1. The lowest BCUT2D eigenvalue weighted by Gasteiger charge is -2.12. The number of nitrogen functional groups attached to an aromatic ring is 1. The molecule has 3 aromatic rings. The highest BCUT2D eigenvalue weighted by Crippen LogP contribution is 2.30. The van der Waals surface area contributed by atoms with Crippen molar-refractivity contribution in [1.82, 2.24) is 15.0 Å². The fourth-order valence-corrected chi connectivity index (χ4v) is 2.41. The van der Waals surface area contributed by atoms with Crippen LogP contribution >= 0.6 is 0 Å². The summed E-state index contributed by atoms with van der Waals surface area (Å²) in [6, 6.07) is 5.54. The fraction of sp³-hybridized carbons (Fsp3) is 0.167. The van der Waals surface area contributed by atoms with Gasteiger partial charge < -0.3 is 10.5 Å². The van der Waals surface area contributed by atoms with Crippen LogP contribution in [0.15, 0.2) is 42.9 Å². The van der Waals surface area contributed by atoms with Crippen LogP contribution in [0.3, 0.4) is 0 Å². The molecule has 7 heteroatoms. The van der Waals surface area contributed by atoms with Crippen molar-refractivity contribution in [2.75, 3.05) is 12.3 Å². The maximum atomic E-state index is 13.6. The molecule has 128 valence electrons. The molecule has 3 rings (SSSR count). The van der Waals surface area contributed by atoms with Gasteiger partial charge in [0.2, 0.25) is 11.8 Å². The molecular formula is C18H16F2N4O. The molecule has 0 aliphatic carbocycles. The van der Waals surface area contributed by atoms with Crippen molar-refractivity contribution >= 4 is 5.95 Å². The van der Waals surface area contributed by atoms with Gasteiger partial charge in [-0.1, -0.05) is 6.07 Å². The van der Waals surface area contributed by atoms with E-state index in [0.717, 1.165) is 23.3 Å². The van der Waals surface area contributed by atoms with Gasteiger partial charge in [0.25, 0.3) is 0 Å². The van der Waals surface area contributed by atoms with Gasteiger partial charge in [0.1, 0.15) is 0 Å². The van der Waals surface area contributed by atoms with E-state index in [1.807, 2.05) is 13.0 Å². The minimum atomic E-state index is -0.919. The van der Waals surface area contributed by atoms with Crippen LogP contribution in [0.5, 0.6) is 5.88 Å². The van der Waals surface area contributed by atoms with Gasteiger partial charge >= 0.3 is 0 Å². The minimum absolute atomic E-state index is 0.205. The van der Waals surface area contributed by atoms with Crippen LogP contribution in [-0.2, 0) is 6.42 Å². The van der Waals surface area contributed by atoms with Crippen LogP contribution < -0.4 is 10.5 Å². The van der Waals surface area contributed by atoms with E-state index in [0.29, 0.717) is 30.0 Å². The summed E-state index contributed by atoms with van der Waals surface area (Å²) < 4.78 is 32.3. The Morgan fingerprint density at radius 2 is 1.68 bits per heavy atom. The molecule has 1 aromatic carbocycles. The van der Waals surface area contributed by atoms with Crippen LogP contribution in [0.4, 0.5) is 14.7 Å². The molecule has 0 atom stereocenters. The standard InChI is InChI=1S/C18H16F2N4O/c1-2-25-17-14(13-3-4-15(19)16(20)7-13)6-11(8-22-17)5-12-9-23-18(21)24-10-12/h3-4,6-10H,2,5H2,1H3,(H2,21,23,24). The van der Waals surface area contributed by atoms with E-state index in [1.165, 1.54) is 6.07 Å². The van der Waals surface area contributed by atoms with Crippen molar-refractivity contribution in [3.63, 3.8) is 0 Å². The summed E-state index contributed by atoms with van der Waals surface area (Å²) in [7, 11) is 0. The molecule has 0 saturated heterocycles. The van der Waals surface area contributed by atoms with Gasteiger partial charge in [-0.2, -0.15) is 0 Å². The van der Waals surface area contributed by atoms with E-state index in [1.54, 1.807) is 18.6 Å². The van der Waals surface area contributed by atoms with Crippen molar-refractivity contribution in [2.45, 2.75) is 13.3 Å². The van der Waals surface area contributed by atoms with E-state index in [2.05, 4.69) is 15.0 Å². The van der Waals surface area contributed by atoms with Crippen molar-refractivity contribution in [1.29, 1.82) is 0 Å². The van der Waals surface area contributed by atoms with Crippen molar-refractivity contribution < 1.29 is 13.5 Å². The summed E-state index contributed by atoms with van der Waals surface area (Å²) in [5.74, 6) is -1.25. The van der Waals surface area contributed by atoms with Gasteiger partial charge in [-0.3, -0.25) is 0 Å². The third-order valence-corrected chi connectivity index (χ3v) is 3.55. The first-order valence-corrected chi connectivity index (χ1v) is 7.70. The molecule has 0 fully saturated rings. The highest BCUT2D eigenvalue weighted by Gasteiger charge is 2.12. The second kappa shape index (κ2) is 7.21. The molecule has 0 unspecified atom stereocenters. The van der Waals surface area contributed by atoms with Crippen LogP contribution in [0.25, 0.3) is 11.1 Å². The normalized spacial score (nSPS) is 10.7. The lowest BCUT2D eigenvalue weighted by Crippen LogP contribution is -2.01. The molecule has 2 aromatic heterocycles. The molecule has 0 radical (unpaired) electrons. The number of hydrogen-bond donors (Lipinski definition) is 1. The Balaban J connectivity index is 1.99. The van der Waals surface area contributed by atoms with Gasteiger partial charge in [-0.05, 0) is 41.8 Å². The molecule has 5 nitrogen and oxygen atoms in total. The maximum absolute atomic E-state index is 13.6. The molecule has 0 spiro atoms. The predicted molar refractivity (Wildman–Crippen MR) is 90.0 cm³/mol. The first kappa shape index (κ1) is 16.8. The van der Waals surface area contributed by atoms with E-state index < -0.39 is 11.6 Å². The Hall–Kier alpha value is -3.09. The van der Waals surface area contributed by atoms with Gasteiger partial charge in [-0.15, -0.1) is 0 Å². The monoisotopic (exact) mass is 342 g/mol. The summed E-state index contributed by atoms with van der Waals surface area (Å²) >= 11 is 0. The minimum Gasteiger partial charge on any atom is -0.478 e. The zero-order valence-corrected chi connectivity index (χ0v) is 13.5. The number of nitrogens with two attached hydrogens (primary N) is 1. The Kier molecular flexibility index (Phi) is 4.83. The quantitative estimate of drug-likeness (QED) is 0.769. The Morgan fingerprint density at radius 1 is 0.960 bits per heavy atom. The number of anilines is 1. The average Bonchev–Trinajstić information content (AvgIpc) is 2.61. The molecule has 0 amide bonds. The third kappa shape index (κ3) is 3.88. The number of ether oxygens (including phenoxy) is 1. The summed E-state index contributed by atoms with van der Waals surface area (Å²) in [6.45, 7) is 2.24. The van der Waals surface area contributed by atoms with Crippen molar-refractivity contribution in [2.24, 2.45) is 0 Å². The zero-order valence-electron chi connectivity index (χ0n) is 13.5. The Bertz CT molecular complexity index is 885. The van der Waals surface area contributed by atoms with E-state index >= 15 is 0 Å². The number of aromatic nitrogens is 3. The number of benzene rings is 1. The van der Waals surface area contributed by atoms with Gasteiger partial charge in [0.15, 0.2) is 11.6 Å². The molecule has 25 heavy (non-hydrogen) atoms. The second-order valence-electron chi connectivity index (χ2n) is 5.38. The fourth-order valence-electron chi connectivity index (χ4n) is 2.41. The average molecular weight is 342 g/mol. The molecule has 2 heterocycles. The summed E-state index contributed by atoms with van der Waals surface area (Å²) in [5, 5.41) is 0. The predicted octanol–water partition coefficient (Wildman–Crippen LogP) is 3.39. The lowest BCUT2D eigenvalue weighted by atomic mass is 10.0. The molecule has 0 saturated carbocycles. The smallest absolute Gasteiger partial charge is 0.221 e.